The number of hydrogen-bond acceptors (Lipinski definition) is 6. The predicted octanol–water partition coefficient (Wildman–Crippen LogP) is 5.29. The van der Waals surface area contributed by atoms with E-state index in [1.807, 2.05) is 30.3 Å². The van der Waals surface area contributed by atoms with Crippen molar-refractivity contribution >= 4 is 52.7 Å². The number of aromatic amines is 1. The number of nitrogens with zero attached hydrogens (tertiary/aromatic N) is 2. The Morgan fingerprint density at radius 2 is 1.82 bits per heavy atom. The molecule has 3 amide bonds. The zero-order chi connectivity index (χ0) is 32.7. The average Bonchev–Trinajstić information content (AvgIpc) is 3.74. The van der Waals surface area contributed by atoms with Gasteiger partial charge in [-0.1, -0.05) is 68.5 Å². The molecule has 1 aliphatic heterocycles. The molecule has 0 aliphatic carbocycles. The molecule has 0 saturated carbocycles. The third kappa shape index (κ3) is 6.69. The summed E-state index contributed by atoms with van der Waals surface area (Å²) in [5.74, 6) is -1.52. The van der Waals surface area contributed by atoms with Crippen LogP contribution >= 0.6 is 18.9 Å². The van der Waals surface area contributed by atoms with Gasteiger partial charge in [0, 0.05) is 29.2 Å². The molecule has 1 saturated heterocycles. The van der Waals surface area contributed by atoms with Crippen molar-refractivity contribution in [2.24, 2.45) is 5.41 Å². The van der Waals surface area contributed by atoms with Crippen molar-refractivity contribution in [2.45, 2.75) is 51.4 Å². The fourth-order valence-corrected chi connectivity index (χ4v) is 6.49. The normalized spacial score (nSPS) is 16.5. The molecular weight excluding hydrogens is 627 g/mol. The molecule has 4 aromatic rings. The Labute approximate surface area is 261 Å². The molecule has 1 fully saturated rings. The number of H-pyrrole nitrogens is 1. The third-order valence-electron chi connectivity index (χ3n) is 7.60. The standard InChI is InChI=1S/C30H32F2N5O6PS/c1-29(2,3)24(35-25(38)21-15-18-14-19(11-12-20(18)34-21)30(31,32)44(41,42)43)27(40)37-13-7-10-22(37)26(39)36-28-33-16-23(45-28)17-8-5-4-6-9-17/h4-6,8-9,11-12,14-16,22,24,34H,7,10,13H2,1-3H3,(H,35,38)(H,33,36,39)(H2,41,42,43). The Balaban J connectivity index is 1.31. The molecule has 45 heavy (non-hydrogen) atoms. The van der Waals surface area contributed by atoms with Crippen LogP contribution in [0, 0.1) is 5.41 Å². The van der Waals surface area contributed by atoms with Crippen molar-refractivity contribution in [3.63, 3.8) is 0 Å². The van der Waals surface area contributed by atoms with Crippen LogP contribution in [0.1, 0.15) is 49.7 Å². The van der Waals surface area contributed by atoms with E-state index >= 15 is 0 Å². The van der Waals surface area contributed by atoms with E-state index in [0.717, 1.165) is 22.6 Å². The summed E-state index contributed by atoms with van der Waals surface area (Å²) >= 11 is 1.32. The SMILES string of the molecule is CC(C)(C)C(NC(=O)c1cc2cc(C(F)(F)P(=O)(O)O)ccc2[nH]1)C(=O)N1CCCC1C(=O)Nc1ncc(-c2ccccc2)s1. The molecule has 0 bridgehead atoms. The summed E-state index contributed by atoms with van der Waals surface area (Å²) in [5.41, 5.74) is -4.89. The van der Waals surface area contributed by atoms with Gasteiger partial charge in [0.05, 0.1) is 4.88 Å². The van der Waals surface area contributed by atoms with Crippen LogP contribution in [0.3, 0.4) is 0 Å². The summed E-state index contributed by atoms with van der Waals surface area (Å²) in [6.07, 6.45) is 2.70. The number of anilines is 1. The molecule has 1 aliphatic rings. The van der Waals surface area contributed by atoms with Crippen LogP contribution in [-0.4, -0.2) is 61.0 Å². The van der Waals surface area contributed by atoms with Gasteiger partial charge < -0.3 is 30.3 Å². The molecule has 2 aromatic heterocycles. The molecule has 5 N–H and O–H groups in total. The Bertz CT molecular complexity index is 1800. The van der Waals surface area contributed by atoms with Crippen molar-refractivity contribution in [3.8, 4) is 10.4 Å². The first-order valence-electron chi connectivity index (χ1n) is 14.1. The molecule has 2 aromatic carbocycles. The number of thiazole rings is 1. The number of benzene rings is 2. The lowest BCUT2D eigenvalue weighted by molar-refractivity contribution is -0.140. The van der Waals surface area contributed by atoms with E-state index in [2.05, 4.69) is 20.6 Å². The lowest BCUT2D eigenvalue weighted by atomic mass is 9.85. The fourth-order valence-electron chi connectivity index (χ4n) is 5.19. The van der Waals surface area contributed by atoms with Crippen LogP contribution in [0.25, 0.3) is 21.3 Å². The monoisotopic (exact) mass is 659 g/mol. The topological polar surface area (TPSA) is 165 Å². The fraction of sp³-hybridized carbons (Fsp3) is 0.333. The van der Waals surface area contributed by atoms with Gasteiger partial charge in [0.2, 0.25) is 11.8 Å². The lowest BCUT2D eigenvalue weighted by Gasteiger charge is -2.35. The summed E-state index contributed by atoms with van der Waals surface area (Å²) in [4.78, 5) is 68.1. The number of carbonyl (C=O) groups is 3. The molecule has 2 atom stereocenters. The van der Waals surface area contributed by atoms with Gasteiger partial charge in [-0.05, 0) is 42.0 Å². The summed E-state index contributed by atoms with van der Waals surface area (Å²) in [5, 5.41) is 6.08. The van der Waals surface area contributed by atoms with Crippen LogP contribution in [0.2, 0.25) is 0 Å². The smallest absolute Gasteiger partial charge is 0.351 e. The second-order valence-electron chi connectivity index (χ2n) is 11.9. The second kappa shape index (κ2) is 12.1. The summed E-state index contributed by atoms with van der Waals surface area (Å²) in [7, 11) is -5.78. The van der Waals surface area contributed by atoms with E-state index in [1.165, 1.54) is 28.4 Å². The zero-order valence-corrected chi connectivity index (χ0v) is 26.3. The van der Waals surface area contributed by atoms with Crippen LogP contribution in [0.15, 0.2) is 60.8 Å². The lowest BCUT2D eigenvalue weighted by Crippen LogP contribution is -2.57. The van der Waals surface area contributed by atoms with Crippen molar-refractivity contribution in [2.75, 3.05) is 11.9 Å². The maximum atomic E-state index is 14.3. The van der Waals surface area contributed by atoms with Gasteiger partial charge in [0.1, 0.15) is 17.8 Å². The summed E-state index contributed by atoms with van der Waals surface area (Å²) < 4.78 is 39.8. The van der Waals surface area contributed by atoms with Crippen LogP contribution < -0.4 is 10.6 Å². The number of fused-ring (bicyclic) bond motifs is 1. The maximum Gasteiger partial charge on any atom is 0.399 e. The molecule has 2 unspecified atom stereocenters. The third-order valence-corrected chi connectivity index (χ3v) is 9.55. The number of amides is 3. The zero-order valence-electron chi connectivity index (χ0n) is 24.6. The molecule has 3 heterocycles. The molecule has 5 rings (SSSR count). The number of aromatic nitrogens is 2. The highest BCUT2D eigenvalue weighted by Gasteiger charge is 2.50. The van der Waals surface area contributed by atoms with Crippen LogP contribution in [-0.2, 0) is 19.8 Å². The average molecular weight is 660 g/mol. The van der Waals surface area contributed by atoms with Gasteiger partial charge in [-0.15, -0.1) is 0 Å². The van der Waals surface area contributed by atoms with Crippen molar-refractivity contribution in [1.82, 2.24) is 20.2 Å². The van der Waals surface area contributed by atoms with Gasteiger partial charge in [0.15, 0.2) is 5.13 Å². The number of hydrogen-bond donors (Lipinski definition) is 5. The molecule has 15 heteroatoms. The maximum absolute atomic E-state index is 14.3. The number of halogens is 2. The number of nitrogens with one attached hydrogen (secondary N) is 3. The van der Waals surface area contributed by atoms with Gasteiger partial charge in [0.25, 0.3) is 5.91 Å². The van der Waals surface area contributed by atoms with E-state index in [9.17, 15) is 27.7 Å². The van der Waals surface area contributed by atoms with Crippen molar-refractivity contribution in [3.05, 3.63) is 72.1 Å². The van der Waals surface area contributed by atoms with Crippen molar-refractivity contribution in [1.29, 1.82) is 0 Å². The molecule has 0 radical (unpaired) electrons. The molecule has 238 valence electrons. The minimum atomic E-state index is -5.78. The Morgan fingerprint density at radius 3 is 2.49 bits per heavy atom. The van der Waals surface area contributed by atoms with Crippen molar-refractivity contribution < 1.29 is 37.5 Å². The summed E-state index contributed by atoms with van der Waals surface area (Å²) in [6, 6.07) is 12.0. The van der Waals surface area contributed by atoms with E-state index in [0.29, 0.717) is 24.5 Å². The number of carbonyl (C=O) groups excluding carboxylic acids is 3. The molecule has 0 spiro atoms. The Kier molecular flexibility index (Phi) is 8.71. The first-order valence-corrected chi connectivity index (χ1v) is 16.5. The van der Waals surface area contributed by atoms with E-state index in [-0.39, 0.29) is 22.5 Å². The minimum absolute atomic E-state index is 0.0441. The van der Waals surface area contributed by atoms with Gasteiger partial charge >= 0.3 is 13.3 Å². The van der Waals surface area contributed by atoms with Crippen LogP contribution in [0.5, 0.6) is 0 Å². The quantitative estimate of drug-likeness (QED) is 0.160. The van der Waals surface area contributed by atoms with Gasteiger partial charge in [-0.25, -0.2) is 4.98 Å². The number of alkyl halides is 2. The first-order chi connectivity index (χ1) is 21.1. The second-order valence-corrected chi connectivity index (χ2v) is 14.6. The summed E-state index contributed by atoms with van der Waals surface area (Å²) in [6.45, 7) is 5.62. The Hall–Kier alpha value is -3.97. The Morgan fingerprint density at radius 1 is 1.11 bits per heavy atom. The highest BCUT2D eigenvalue weighted by atomic mass is 32.1. The van der Waals surface area contributed by atoms with Gasteiger partial charge in [-0.3, -0.25) is 18.9 Å². The molecule has 11 nitrogen and oxygen atoms in total. The highest BCUT2D eigenvalue weighted by molar-refractivity contribution is 7.52. The number of rotatable bonds is 8. The van der Waals surface area contributed by atoms with E-state index < -0.39 is 48.1 Å². The predicted molar refractivity (Wildman–Crippen MR) is 166 cm³/mol. The minimum Gasteiger partial charge on any atom is -0.351 e. The highest BCUT2D eigenvalue weighted by Crippen LogP contribution is 2.59. The molecular formula is C30H32F2N5O6PS. The van der Waals surface area contributed by atoms with E-state index in [1.54, 1.807) is 27.0 Å². The number of likely N-dealkylation sites (tertiary alicyclic amines) is 1. The van der Waals surface area contributed by atoms with E-state index in [4.69, 9.17) is 9.79 Å². The van der Waals surface area contributed by atoms with Crippen LogP contribution in [0.4, 0.5) is 13.9 Å². The largest absolute Gasteiger partial charge is 0.399 e. The first kappa shape index (κ1) is 32.4. The van der Waals surface area contributed by atoms with Gasteiger partial charge in [-0.2, -0.15) is 8.78 Å².